The predicted octanol–water partition coefficient (Wildman–Crippen LogP) is 5.85. The molecule has 1 aliphatic heterocycles. The first-order chi connectivity index (χ1) is 15.5. The van der Waals surface area contributed by atoms with Gasteiger partial charge in [0.15, 0.2) is 5.78 Å². The van der Waals surface area contributed by atoms with Crippen LogP contribution in [0.3, 0.4) is 0 Å². The van der Waals surface area contributed by atoms with E-state index in [9.17, 15) is 15.3 Å². The highest BCUT2D eigenvalue weighted by Gasteiger charge is 2.46. The molecule has 0 spiro atoms. The van der Waals surface area contributed by atoms with Crippen LogP contribution in [0.4, 0.5) is 5.69 Å². The van der Waals surface area contributed by atoms with Crippen molar-refractivity contribution in [3.63, 3.8) is 0 Å². The summed E-state index contributed by atoms with van der Waals surface area (Å²) in [6, 6.07) is 19.8. The van der Waals surface area contributed by atoms with Gasteiger partial charge >= 0.3 is 0 Å². The Morgan fingerprint density at radius 2 is 1.78 bits per heavy atom. The summed E-state index contributed by atoms with van der Waals surface area (Å²) in [5.41, 5.74) is 6.98. The van der Waals surface area contributed by atoms with E-state index in [0.717, 1.165) is 31.4 Å². The van der Waals surface area contributed by atoms with Gasteiger partial charge in [0.25, 0.3) is 0 Å². The van der Waals surface area contributed by atoms with Gasteiger partial charge in [0.2, 0.25) is 0 Å². The summed E-state index contributed by atoms with van der Waals surface area (Å²) in [4.78, 5) is 15.8. The van der Waals surface area contributed by atoms with Crippen molar-refractivity contribution in [2.45, 2.75) is 38.5 Å². The van der Waals surface area contributed by atoms with E-state index < -0.39 is 0 Å². The highest BCUT2D eigenvalue weighted by atomic mass is 16.1. The number of hydrogen-bond donors (Lipinski definition) is 0. The average molecular weight is 418 g/mol. The number of carbonyl (C=O) groups excluding carboxylic acids is 1. The fourth-order valence-electron chi connectivity index (χ4n) is 5.74. The minimum absolute atomic E-state index is 0.0132. The fraction of sp³-hybridized carbons (Fsp3) is 0.250. The smallest absolute Gasteiger partial charge is 0.194 e. The van der Waals surface area contributed by atoms with Gasteiger partial charge in [-0.3, -0.25) is 4.79 Å². The third-order valence-corrected chi connectivity index (χ3v) is 7.07. The van der Waals surface area contributed by atoms with Crippen molar-refractivity contribution in [1.29, 1.82) is 10.5 Å². The Labute approximate surface area is 188 Å². The van der Waals surface area contributed by atoms with Gasteiger partial charge < -0.3 is 4.90 Å². The lowest BCUT2D eigenvalue weighted by atomic mass is 9.71. The highest BCUT2D eigenvalue weighted by molar-refractivity contribution is 6.28. The van der Waals surface area contributed by atoms with Crippen molar-refractivity contribution < 1.29 is 4.79 Å². The molecule has 2 aromatic rings. The van der Waals surface area contributed by atoms with Crippen LogP contribution in [0.25, 0.3) is 5.57 Å². The van der Waals surface area contributed by atoms with E-state index in [1.54, 1.807) is 6.07 Å². The molecule has 3 aliphatic rings. The van der Waals surface area contributed by atoms with Crippen LogP contribution in [0.5, 0.6) is 0 Å². The molecule has 32 heavy (non-hydrogen) atoms. The topological polar surface area (TPSA) is 67.9 Å². The number of likely N-dealkylation sites (N-methyl/N-ethyl adjacent to an activating group) is 1. The molecule has 4 nitrogen and oxygen atoms in total. The molecule has 1 atom stereocenters. The normalized spacial score (nSPS) is 22.4. The molecule has 2 aliphatic carbocycles. The molecule has 0 radical (unpaired) electrons. The van der Waals surface area contributed by atoms with Crippen molar-refractivity contribution in [3.8, 4) is 12.1 Å². The highest BCUT2D eigenvalue weighted by Crippen LogP contribution is 2.55. The van der Waals surface area contributed by atoms with Gasteiger partial charge in [-0.05, 0) is 62.0 Å². The largest absolute Gasteiger partial charge is 0.344 e. The van der Waals surface area contributed by atoms with Crippen LogP contribution >= 0.6 is 0 Å². The summed E-state index contributed by atoms with van der Waals surface area (Å²) in [6.07, 6.45) is 4.91. The van der Waals surface area contributed by atoms with E-state index in [4.69, 9.17) is 0 Å². The molecule has 0 N–H and O–H groups in total. The molecule has 0 amide bonds. The van der Waals surface area contributed by atoms with E-state index in [2.05, 4.69) is 43.0 Å². The van der Waals surface area contributed by atoms with Crippen LogP contribution in [-0.2, 0) is 5.41 Å². The van der Waals surface area contributed by atoms with Crippen molar-refractivity contribution in [3.05, 3.63) is 93.7 Å². The molecule has 4 heteroatoms. The molecule has 0 saturated carbocycles. The maximum atomic E-state index is 13.4. The van der Waals surface area contributed by atoms with Crippen LogP contribution in [0, 0.1) is 22.7 Å². The number of nitriles is 2. The van der Waals surface area contributed by atoms with E-state index in [1.165, 1.54) is 16.9 Å². The van der Waals surface area contributed by atoms with Gasteiger partial charge in [-0.1, -0.05) is 42.5 Å². The lowest BCUT2D eigenvalue weighted by molar-refractivity contribution is 0.104. The Bertz CT molecular complexity index is 1330. The first-order valence-corrected chi connectivity index (χ1v) is 11.1. The summed E-state index contributed by atoms with van der Waals surface area (Å²) < 4.78 is 0. The van der Waals surface area contributed by atoms with Crippen molar-refractivity contribution in [1.82, 2.24) is 0 Å². The standard InChI is InChI=1S/C28H23N3O/c1-3-31-24-13-7-6-12-23(24)28(2)14-8-9-18(27(28)31)15-22-25(19(16-29)17-30)20-10-4-5-11-21(20)26(22)32/h4-7,10-13,15H,3,8-9,14H2,1-2H3. The minimum Gasteiger partial charge on any atom is -0.344 e. The number of rotatable bonds is 2. The van der Waals surface area contributed by atoms with Crippen molar-refractivity contribution >= 4 is 17.0 Å². The zero-order valence-corrected chi connectivity index (χ0v) is 18.3. The molecule has 0 fully saturated rings. The minimum atomic E-state index is -0.113. The zero-order valence-electron chi connectivity index (χ0n) is 18.3. The predicted molar refractivity (Wildman–Crippen MR) is 125 cm³/mol. The number of ketones is 1. The Hall–Kier alpha value is -3.89. The quantitative estimate of drug-likeness (QED) is 0.454. The number of fused-ring (bicyclic) bond motifs is 4. The molecular weight excluding hydrogens is 394 g/mol. The average Bonchev–Trinajstić information content (AvgIpc) is 3.25. The van der Waals surface area contributed by atoms with Gasteiger partial charge in [-0.15, -0.1) is 0 Å². The Morgan fingerprint density at radius 3 is 2.50 bits per heavy atom. The van der Waals surface area contributed by atoms with Crippen molar-refractivity contribution in [2.75, 3.05) is 11.4 Å². The first-order valence-electron chi connectivity index (χ1n) is 11.1. The number of anilines is 1. The van der Waals surface area contributed by atoms with Crippen LogP contribution in [0.1, 0.15) is 54.6 Å². The van der Waals surface area contributed by atoms with Gasteiger partial charge in [0.05, 0.1) is 0 Å². The van der Waals surface area contributed by atoms with Crippen LogP contribution < -0.4 is 4.90 Å². The third kappa shape index (κ3) is 2.63. The Morgan fingerprint density at radius 1 is 1.09 bits per heavy atom. The monoisotopic (exact) mass is 417 g/mol. The molecule has 1 unspecified atom stereocenters. The SMILES string of the molecule is CCN1C2=C(C=C3C(=O)c4ccccc4C3=C(C#N)C#N)CCCC2(C)c2ccccc21. The van der Waals surface area contributed by atoms with E-state index in [0.29, 0.717) is 22.3 Å². The van der Waals surface area contributed by atoms with Crippen LogP contribution in [-0.4, -0.2) is 12.3 Å². The molecule has 5 rings (SSSR count). The van der Waals surface area contributed by atoms with Gasteiger partial charge in [-0.2, -0.15) is 10.5 Å². The summed E-state index contributed by atoms with van der Waals surface area (Å²) in [6.45, 7) is 5.29. The maximum absolute atomic E-state index is 13.4. The van der Waals surface area contributed by atoms with E-state index >= 15 is 0 Å². The summed E-state index contributed by atoms with van der Waals surface area (Å²) in [5, 5.41) is 19.2. The number of benzene rings is 2. The zero-order chi connectivity index (χ0) is 22.5. The molecule has 156 valence electrons. The molecule has 0 bridgehead atoms. The molecule has 0 aromatic heterocycles. The van der Waals surface area contributed by atoms with Gasteiger partial charge in [0.1, 0.15) is 17.7 Å². The number of allylic oxidation sites excluding steroid dienone is 6. The number of nitrogens with zero attached hydrogens (tertiary/aromatic N) is 3. The van der Waals surface area contributed by atoms with E-state index in [1.807, 2.05) is 36.4 Å². The molecule has 0 saturated heterocycles. The second-order valence-electron chi connectivity index (χ2n) is 8.73. The third-order valence-electron chi connectivity index (χ3n) is 7.07. The summed E-state index contributed by atoms with van der Waals surface area (Å²) >= 11 is 0. The second-order valence-corrected chi connectivity index (χ2v) is 8.73. The lowest BCUT2D eigenvalue weighted by Gasteiger charge is -2.36. The van der Waals surface area contributed by atoms with E-state index in [-0.39, 0.29) is 16.8 Å². The summed E-state index contributed by atoms with van der Waals surface area (Å²) in [5.74, 6) is -0.113. The number of hydrogen-bond acceptors (Lipinski definition) is 4. The maximum Gasteiger partial charge on any atom is 0.194 e. The van der Waals surface area contributed by atoms with Crippen molar-refractivity contribution in [2.24, 2.45) is 0 Å². The first kappa shape index (κ1) is 20.0. The molecular formula is C28H23N3O. The number of carbonyl (C=O) groups is 1. The van der Waals surface area contributed by atoms with Crippen LogP contribution in [0.15, 0.2) is 77.0 Å². The lowest BCUT2D eigenvalue weighted by Crippen LogP contribution is -2.32. The second kappa shape index (κ2) is 7.36. The number of para-hydroxylation sites is 1. The summed E-state index contributed by atoms with van der Waals surface area (Å²) in [7, 11) is 0. The Kier molecular flexibility index (Phi) is 4.61. The van der Waals surface area contributed by atoms with Crippen LogP contribution in [0.2, 0.25) is 0 Å². The molecule has 1 heterocycles. The fourth-order valence-corrected chi connectivity index (χ4v) is 5.74. The van der Waals surface area contributed by atoms with Gasteiger partial charge in [0, 0.05) is 40.1 Å². The Balaban J connectivity index is 1.77. The van der Waals surface area contributed by atoms with Gasteiger partial charge in [-0.25, -0.2) is 0 Å². The molecule has 2 aromatic carbocycles. The number of Topliss-reactive ketones (excluding diaryl/α,β-unsaturated/α-hetero) is 1.